The van der Waals surface area contributed by atoms with Crippen LogP contribution in [-0.4, -0.2) is 12.1 Å². The molecule has 0 fully saturated rings. The van der Waals surface area contributed by atoms with Crippen molar-refractivity contribution in [2.75, 3.05) is 7.11 Å². The van der Waals surface area contributed by atoms with Crippen molar-refractivity contribution >= 4 is 0 Å². The van der Waals surface area contributed by atoms with Gasteiger partial charge in [0.2, 0.25) is 0 Å². The van der Waals surface area contributed by atoms with Gasteiger partial charge in [-0.3, -0.25) is 4.98 Å². The number of halogens is 1. The van der Waals surface area contributed by atoms with Crippen molar-refractivity contribution in [2.45, 2.75) is 13.8 Å². The van der Waals surface area contributed by atoms with Gasteiger partial charge in [-0.05, 0) is 43.2 Å². The molecule has 0 aliphatic heterocycles. The number of aryl methyl sites for hydroxylation is 2. The monoisotopic (exact) mass is 231 g/mol. The van der Waals surface area contributed by atoms with Crippen LogP contribution in [0.5, 0.6) is 5.75 Å². The van der Waals surface area contributed by atoms with E-state index < -0.39 is 0 Å². The van der Waals surface area contributed by atoms with Crippen LogP contribution < -0.4 is 4.74 Å². The third-order valence-electron chi connectivity index (χ3n) is 2.72. The molecule has 1 aromatic heterocycles. The highest BCUT2D eigenvalue weighted by Crippen LogP contribution is 2.28. The Balaban J connectivity index is 2.60. The lowest BCUT2D eigenvalue weighted by molar-refractivity contribution is 0.414. The number of rotatable bonds is 2. The topological polar surface area (TPSA) is 22.1 Å². The molecule has 3 heteroatoms. The Morgan fingerprint density at radius 1 is 1.12 bits per heavy atom. The summed E-state index contributed by atoms with van der Waals surface area (Å²) >= 11 is 0. The Kier molecular flexibility index (Phi) is 3.09. The van der Waals surface area contributed by atoms with Gasteiger partial charge in [-0.15, -0.1) is 0 Å². The molecule has 0 amide bonds. The summed E-state index contributed by atoms with van der Waals surface area (Å²) in [5.41, 5.74) is 3.52. The SMILES string of the molecule is COc1ccnc(-c2c(C)cc(F)cc2C)c1. The lowest BCUT2D eigenvalue weighted by Gasteiger charge is -2.10. The summed E-state index contributed by atoms with van der Waals surface area (Å²) in [5.74, 6) is 0.532. The van der Waals surface area contributed by atoms with Crippen LogP contribution >= 0.6 is 0 Å². The van der Waals surface area contributed by atoms with Crippen LogP contribution in [0.25, 0.3) is 11.3 Å². The van der Waals surface area contributed by atoms with E-state index in [9.17, 15) is 4.39 Å². The molecule has 0 N–H and O–H groups in total. The maximum absolute atomic E-state index is 13.2. The number of ether oxygens (including phenoxy) is 1. The molecule has 0 spiro atoms. The number of nitrogens with zero attached hydrogens (tertiary/aromatic N) is 1. The Morgan fingerprint density at radius 2 is 1.76 bits per heavy atom. The lowest BCUT2D eigenvalue weighted by Crippen LogP contribution is -1.93. The van der Waals surface area contributed by atoms with Crippen LogP contribution in [0.2, 0.25) is 0 Å². The van der Waals surface area contributed by atoms with Gasteiger partial charge in [-0.25, -0.2) is 4.39 Å². The number of hydrogen-bond acceptors (Lipinski definition) is 2. The number of hydrogen-bond donors (Lipinski definition) is 0. The van der Waals surface area contributed by atoms with Gasteiger partial charge < -0.3 is 4.74 Å². The molecule has 1 heterocycles. The summed E-state index contributed by atoms with van der Waals surface area (Å²) in [6, 6.07) is 6.68. The minimum absolute atomic E-state index is 0.216. The zero-order valence-electron chi connectivity index (χ0n) is 10.1. The van der Waals surface area contributed by atoms with Crippen LogP contribution in [0.1, 0.15) is 11.1 Å². The second-order valence-electron chi connectivity index (χ2n) is 4.00. The maximum Gasteiger partial charge on any atom is 0.123 e. The molecule has 2 aromatic rings. The fraction of sp³-hybridized carbons (Fsp3) is 0.214. The van der Waals surface area contributed by atoms with Gasteiger partial charge in [-0.2, -0.15) is 0 Å². The molecular weight excluding hydrogens is 217 g/mol. The average Bonchev–Trinajstić information content (AvgIpc) is 2.28. The van der Waals surface area contributed by atoms with Gasteiger partial charge in [0.15, 0.2) is 0 Å². The first-order chi connectivity index (χ1) is 8.11. The number of aromatic nitrogens is 1. The van der Waals surface area contributed by atoms with E-state index in [0.29, 0.717) is 0 Å². The minimum atomic E-state index is -0.216. The van der Waals surface area contributed by atoms with E-state index in [1.54, 1.807) is 19.4 Å². The second-order valence-corrected chi connectivity index (χ2v) is 4.00. The summed E-state index contributed by atoms with van der Waals surface area (Å²) in [4.78, 5) is 4.31. The first kappa shape index (κ1) is 11.6. The number of benzene rings is 1. The Labute approximate surface area is 100 Å². The quantitative estimate of drug-likeness (QED) is 0.789. The average molecular weight is 231 g/mol. The van der Waals surface area contributed by atoms with Gasteiger partial charge in [0.25, 0.3) is 0 Å². The summed E-state index contributed by atoms with van der Waals surface area (Å²) in [5, 5.41) is 0. The molecule has 0 atom stereocenters. The van der Waals surface area contributed by atoms with Gasteiger partial charge >= 0.3 is 0 Å². The van der Waals surface area contributed by atoms with E-state index in [4.69, 9.17) is 4.74 Å². The second kappa shape index (κ2) is 4.53. The van der Waals surface area contributed by atoms with E-state index in [2.05, 4.69) is 4.98 Å². The molecular formula is C14H14FNO. The van der Waals surface area contributed by atoms with Crippen molar-refractivity contribution in [3.63, 3.8) is 0 Å². The van der Waals surface area contributed by atoms with E-state index in [0.717, 1.165) is 28.1 Å². The summed E-state index contributed by atoms with van der Waals surface area (Å²) in [7, 11) is 1.61. The van der Waals surface area contributed by atoms with Crippen molar-refractivity contribution in [2.24, 2.45) is 0 Å². The van der Waals surface area contributed by atoms with Crippen molar-refractivity contribution in [3.05, 3.63) is 47.4 Å². The van der Waals surface area contributed by atoms with E-state index in [1.165, 1.54) is 12.1 Å². The predicted octanol–water partition coefficient (Wildman–Crippen LogP) is 3.51. The normalized spacial score (nSPS) is 10.4. The zero-order chi connectivity index (χ0) is 12.4. The standard InChI is InChI=1S/C14H14FNO/c1-9-6-11(15)7-10(2)14(9)13-8-12(17-3)4-5-16-13/h4-8H,1-3H3. The summed E-state index contributed by atoms with van der Waals surface area (Å²) in [6.45, 7) is 3.76. The van der Waals surface area contributed by atoms with E-state index in [1.807, 2.05) is 19.9 Å². The first-order valence-electron chi connectivity index (χ1n) is 5.39. The van der Waals surface area contributed by atoms with Crippen LogP contribution in [0.3, 0.4) is 0 Å². The third kappa shape index (κ3) is 2.28. The molecule has 0 bridgehead atoms. The van der Waals surface area contributed by atoms with Crippen molar-refractivity contribution in [1.82, 2.24) is 4.98 Å². The fourth-order valence-electron chi connectivity index (χ4n) is 1.99. The van der Waals surface area contributed by atoms with Crippen molar-refractivity contribution < 1.29 is 9.13 Å². The van der Waals surface area contributed by atoms with Gasteiger partial charge in [0.05, 0.1) is 12.8 Å². The molecule has 0 saturated carbocycles. The molecule has 0 saturated heterocycles. The number of pyridine rings is 1. The molecule has 2 nitrogen and oxygen atoms in total. The Hall–Kier alpha value is -1.90. The Morgan fingerprint density at radius 3 is 2.35 bits per heavy atom. The molecule has 17 heavy (non-hydrogen) atoms. The smallest absolute Gasteiger partial charge is 0.123 e. The minimum Gasteiger partial charge on any atom is -0.497 e. The molecule has 2 rings (SSSR count). The molecule has 1 aromatic carbocycles. The van der Waals surface area contributed by atoms with Crippen LogP contribution in [0.4, 0.5) is 4.39 Å². The predicted molar refractivity (Wildman–Crippen MR) is 65.7 cm³/mol. The fourth-order valence-corrected chi connectivity index (χ4v) is 1.99. The van der Waals surface area contributed by atoms with Crippen molar-refractivity contribution in [3.8, 4) is 17.0 Å². The highest BCUT2D eigenvalue weighted by atomic mass is 19.1. The Bertz CT molecular complexity index is 529. The summed E-state index contributed by atoms with van der Waals surface area (Å²) < 4.78 is 18.4. The highest BCUT2D eigenvalue weighted by Gasteiger charge is 2.09. The zero-order valence-corrected chi connectivity index (χ0v) is 10.1. The van der Waals surface area contributed by atoms with E-state index >= 15 is 0 Å². The largest absolute Gasteiger partial charge is 0.497 e. The van der Waals surface area contributed by atoms with Gasteiger partial charge in [0, 0.05) is 17.8 Å². The van der Waals surface area contributed by atoms with Crippen LogP contribution in [0.15, 0.2) is 30.5 Å². The number of methoxy groups -OCH3 is 1. The van der Waals surface area contributed by atoms with Gasteiger partial charge in [0.1, 0.15) is 11.6 Å². The first-order valence-corrected chi connectivity index (χ1v) is 5.39. The third-order valence-corrected chi connectivity index (χ3v) is 2.72. The molecule has 0 aliphatic rings. The van der Waals surface area contributed by atoms with Gasteiger partial charge in [-0.1, -0.05) is 0 Å². The van der Waals surface area contributed by atoms with Crippen molar-refractivity contribution in [1.29, 1.82) is 0 Å². The maximum atomic E-state index is 13.2. The molecule has 88 valence electrons. The highest BCUT2D eigenvalue weighted by molar-refractivity contribution is 5.68. The van der Waals surface area contributed by atoms with E-state index in [-0.39, 0.29) is 5.82 Å². The molecule has 0 unspecified atom stereocenters. The molecule has 0 aliphatic carbocycles. The molecule has 0 radical (unpaired) electrons. The lowest BCUT2D eigenvalue weighted by atomic mass is 9.99. The summed E-state index contributed by atoms with van der Waals surface area (Å²) in [6.07, 6.45) is 1.69. The van der Waals surface area contributed by atoms with Crippen LogP contribution in [0, 0.1) is 19.7 Å². The van der Waals surface area contributed by atoms with Crippen LogP contribution in [-0.2, 0) is 0 Å².